The summed E-state index contributed by atoms with van der Waals surface area (Å²) in [6.07, 6.45) is 0.947. The fourth-order valence-electron chi connectivity index (χ4n) is 2.25. The van der Waals surface area contributed by atoms with Crippen molar-refractivity contribution >= 4 is 22.6 Å². The van der Waals surface area contributed by atoms with Crippen LogP contribution in [-0.2, 0) is 0 Å². The van der Waals surface area contributed by atoms with Gasteiger partial charge in [-0.1, -0.05) is 19.1 Å². The van der Waals surface area contributed by atoms with Crippen molar-refractivity contribution in [1.29, 1.82) is 0 Å². The lowest BCUT2D eigenvalue weighted by atomic mass is 9.96. The highest BCUT2D eigenvalue weighted by atomic mass is 127. The van der Waals surface area contributed by atoms with Crippen LogP contribution in [0.2, 0.25) is 0 Å². The zero-order valence-electron chi connectivity index (χ0n) is 12.1. The van der Waals surface area contributed by atoms with Gasteiger partial charge in [0.2, 0.25) is 0 Å². The van der Waals surface area contributed by atoms with E-state index in [9.17, 15) is 8.78 Å². The van der Waals surface area contributed by atoms with E-state index < -0.39 is 11.6 Å². The molecule has 112 valence electrons. The number of nitrogens with one attached hydrogen (secondary N) is 1. The van der Waals surface area contributed by atoms with Gasteiger partial charge in [0.15, 0.2) is 0 Å². The Morgan fingerprint density at radius 3 is 2.38 bits per heavy atom. The molecule has 0 bridgehead atoms. The minimum Gasteiger partial charge on any atom is -0.306 e. The summed E-state index contributed by atoms with van der Waals surface area (Å²) >= 11 is 2.24. The van der Waals surface area contributed by atoms with Crippen LogP contribution in [-0.4, -0.2) is 6.54 Å². The first-order valence-corrected chi connectivity index (χ1v) is 8.05. The number of hydrogen-bond donors (Lipinski definition) is 1. The first-order valence-electron chi connectivity index (χ1n) is 6.97. The molecule has 0 spiro atoms. The first kappa shape index (κ1) is 16.4. The smallest absolute Gasteiger partial charge is 0.131 e. The minimum absolute atomic E-state index is 0.263. The number of rotatable bonds is 5. The SMILES string of the molecule is CCCNC(c1ccc(I)cc1)c1cc(C)c(F)cc1F. The quantitative estimate of drug-likeness (QED) is 0.698. The third-order valence-corrected chi connectivity index (χ3v) is 4.11. The Hall–Kier alpha value is -1.01. The van der Waals surface area contributed by atoms with Crippen molar-refractivity contribution in [1.82, 2.24) is 5.32 Å². The molecule has 0 radical (unpaired) electrons. The maximum absolute atomic E-state index is 14.2. The second-order valence-corrected chi connectivity index (χ2v) is 6.31. The lowest BCUT2D eigenvalue weighted by Crippen LogP contribution is -2.24. The summed E-state index contributed by atoms with van der Waals surface area (Å²) in [5, 5.41) is 3.34. The van der Waals surface area contributed by atoms with E-state index in [2.05, 4.69) is 34.8 Å². The summed E-state index contributed by atoms with van der Waals surface area (Å²) in [4.78, 5) is 0. The van der Waals surface area contributed by atoms with Crippen molar-refractivity contribution in [2.75, 3.05) is 6.54 Å². The molecule has 2 rings (SSSR count). The van der Waals surface area contributed by atoms with Crippen LogP contribution in [0.3, 0.4) is 0 Å². The van der Waals surface area contributed by atoms with Crippen molar-refractivity contribution < 1.29 is 8.78 Å². The predicted octanol–water partition coefficient (Wildman–Crippen LogP) is 4.97. The lowest BCUT2D eigenvalue weighted by molar-refractivity contribution is 0.530. The maximum atomic E-state index is 14.2. The van der Waals surface area contributed by atoms with Crippen LogP contribution in [0, 0.1) is 22.1 Å². The summed E-state index contributed by atoms with van der Waals surface area (Å²) in [6.45, 7) is 4.49. The minimum atomic E-state index is -0.509. The number of hydrogen-bond acceptors (Lipinski definition) is 1. The van der Waals surface area contributed by atoms with Gasteiger partial charge in [0, 0.05) is 15.2 Å². The molecule has 0 amide bonds. The fraction of sp³-hybridized carbons (Fsp3) is 0.294. The van der Waals surface area contributed by atoms with Crippen LogP contribution >= 0.6 is 22.6 Å². The highest BCUT2D eigenvalue weighted by Gasteiger charge is 2.19. The fourth-order valence-corrected chi connectivity index (χ4v) is 2.61. The molecule has 0 heterocycles. The van der Waals surface area contributed by atoms with Gasteiger partial charge in [0.25, 0.3) is 0 Å². The predicted molar refractivity (Wildman–Crippen MR) is 90.4 cm³/mol. The molecule has 2 aromatic rings. The average Bonchev–Trinajstić information content (AvgIpc) is 2.46. The molecule has 21 heavy (non-hydrogen) atoms. The Morgan fingerprint density at radius 1 is 1.10 bits per heavy atom. The van der Waals surface area contributed by atoms with Crippen molar-refractivity contribution in [3.8, 4) is 0 Å². The standard InChI is InChI=1S/C17H18F2IN/c1-3-8-21-17(12-4-6-13(20)7-5-12)14-9-11(2)15(18)10-16(14)19/h4-7,9-10,17,21H,3,8H2,1-2H3. The van der Waals surface area contributed by atoms with E-state index in [4.69, 9.17) is 0 Å². The molecule has 4 heteroatoms. The van der Waals surface area contributed by atoms with Gasteiger partial charge in [-0.2, -0.15) is 0 Å². The van der Waals surface area contributed by atoms with Gasteiger partial charge in [0.1, 0.15) is 11.6 Å². The van der Waals surface area contributed by atoms with Gasteiger partial charge in [0.05, 0.1) is 6.04 Å². The van der Waals surface area contributed by atoms with Crippen molar-refractivity contribution in [2.45, 2.75) is 26.3 Å². The van der Waals surface area contributed by atoms with Crippen molar-refractivity contribution in [3.63, 3.8) is 0 Å². The number of aryl methyl sites for hydroxylation is 1. The zero-order valence-corrected chi connectivity index (χ0v) is 14.2. The molecule has 0 aliphatic carbocycles. The summed E-state index contributed by atoms with van der Waals surface area (Å²) in [7, 11) is 0. The third kappa shape index (κ3) is 4.01. The number of halogens is 3. The van der Waals surface area contributed by atoms with Gasteiger partial charge in [-0.25, -0.2) is 8.78 Å². The molecule has 1 unspecified atom stereocenters. The topological polar surface area (TPSA) is 12.0 Å². The van der Waals surface area contributed by atoms with E-state index in [1.807, 2.05) is 24.3 Å². The van der Waals surface area contributed by atoms with Gasteiger partial charge >= 0.3 is 0 Å². The Bertz CT molecular complexity index is 611. The van der Waals surface area contributed by atoms with E-state index in [-0.39, 0.29) is 6.04 Å². The average molecular weight is 401 g/mol. The summed E-state index contributed by atoms with van der Waals surface area (Å²) < 4.78 is 28.8. The summed E-state index contributed by atoms with van der Waals surface area (Å²) in [5.74, 6) is -1.02. The molecule has 0 fully saturated rings. The Kier molecular flexibility index (Phi) is 5.70. The van der Waals surface area contributed by atoms with E-state index in [1.54, 1.807) is 13.0 Å². The van der Waals surface area contributed by atoms with Crippen LogP contribution in [0.25, 0.3) is 0 Å². The highest BCUT2D eigenvalue weighted by molar-refractivity contribution is 14.1. The third-order valence-electron chi connectivity index (χ3n) is 3.39. The molecule has 1 nitrogen and oxygen atoms in total. The van der Waals surface area contributed by atoms with Crippen molar-refractivity contribution in [2.24, 2.45) is 0 Å². The molecular formula is C17H18F2IN. The Balaban J connectivity index is 2.45. The van der Waals surface area contributed by atoms with E-state index in [0.29, 0.717) is 11.1 Å². The highest BCUT2D eigenvalue weighted by Crippen LogP contribution is 2.27. The zero-order chi connectivity index (χ0) is 15.4. The van der Waals surface area contributed by atoms with Crippen LogP contribution in [0.4, 0.5) is 8.78 Å². The molecule has 1 N–H and O–H groups in total. The molecule has 0 saturated carbocycles. The monoisotopic (exact) mass is 401 g/mol. The van der Waals surface area contributed by atoms with Crippen LogP contribution in [0.5, 0.6) is 0 Å². The summed E-state index contributed by atoms with van der Waals surface area (Å²) in [5.41, 5.74) is 1.93. The van der Waals surface area contributed by atoms with E-state index >= 15 is 0 Å². The first-order chi connectivity index (χ1) is 10.0. The van der Waals surface area contributed by atoms with Gasteiger partial charge in [-0.15, -0.1) is 0 Å². The molecule has 1 atom stereocenters. The molecule has 0 aliphatic heterocycles. The van der Waals surface area contributed by atoms with Crippen LogP contribution in [0.1, 0.15) is 36.1 Å². The second kappa shape index (κ2) is 7.31. The molecule has 0 aliphatic rings. The van der Waals surface area contributed by atoms with E-state index in [0.717, 1.165) is 28.2 Å². The maximum Gasteiger partial charge on any atom is 0.131 e. The lowest BCUT2D eigenvalue weighted by Gasteiger charge is -2.21. The van der Waals surface area contributed by atoms with Gasteiger partial charge in [-0.3, -0.25) is 0 Å². The van der Waals surface area contributed by atoms with Gasteiger partial charge in [-0.05, 0) is 71.8 Å². The Labute approximate surface area is 137 Å². The number of benzene rings is 2. The van der Waals surface area contributed by atoms with Crippen molar-refractivity contribution in [3.05, 3.63) is 68.3 Å². The van der Waals surface area contributed by atoms with E-state index in [1.165, 1.54) is 0 Å². The largest absolute Gasteiger partial charge is 0.306 e. The molecule has 0 saturated heterocycles. The van der Waals surface area contributed by atoms with Crippen LogP contribution in [0.15, 0.2) is 36.4 Å². The molecule has 0 aromatic heterocycles. The van der Waals surface area contributed by atoms with Crippen LogP contribution < -0.4 is 5.32 Å². The second-order valence-electron chi connectivity index (χ2n) is 5.06. The Morgan fingerprint density at radius 2 is 1.76 bits per heavy atom. The molecular weight excluding hydrogens is 383 g/mol. The normalized spacial score (nSPS) is 12.4. The van der Waals surface area contributed by atoms with Gasteiger partial charge < -0.3 is 5.32 Å². The summed E-state index contributed by atoms with van der Waals surface area (Å²) in [6, 6.07) is 10.2. The molecule has 2 aromatic carbocycles.